The lowest BCUT2D eigenvalue weighted by atomic mass is 10.1. The first-order chi connectivity index (χ1) is 13.9. The van der Waals surface area contributed by atoms with E-state index in [0.717, 1.165) is 5.56 Å². The number of carbonyl (C=O) groups excluding carboxylic acids is 1. The van der Waals surface area contributed by atoms with E-state index in [4.69, 9.17) is 17.0 Å². The van der Waals surface area contributed by atoms with Crippen LogP contribution in [0.15, 0.2) is 48.5 Å². The van der Waals surface area contributed by atoms with Crippen molar-refractivity contribution >= 4 is 34.6 Å². The third-order valence-electron chi connectivity index (χ3n) is 3.87. The van der Waals surface area contributed by atoms with E-state index >= 15 is 0 Å². The number of methoxy groups -OCH3 is 1. The van der Waals surface area contributed by atoms with Gasteiger partial charge in [0.1, 0.15) is 5.69 Å². The average Bonchev–Trinajstić information content (AvgIpc) is 2.71. The summed E-state index contributed by atoms with van der Waals surface area (Å²) in [6, 6.07) is 13.7. The van der Waals surface area contributed by atoms with Crippen LogP contribution >= 0.6 is 12.2 Å². The standard InChI is InChI=1S/C19H23N5O4S/c1-13(12-28-2)21-19(29)23-22-18(25)15-8-9-16(17(10-15)24(26)27)20-11-14-6-4-3-5-7-14/h3-10,13,20H,11-12H2,1-2H3,(H,22,25)(H2,21,23,29)/t13-/m0/s1. The number of nitrogens with zero attached hydrogens (tertiary/aromatic N) is 1. The molecule has 0 saturated carbocycles. The van der Waals surface area contributed by atoms with Gasteiger partial charge in [0.05, 0.1) is 11.5 Å². The third-order valence-corrected chi connectivity index (χ3v) is 4.09. The van der Waals surface area contributed by atoms with E-state index in [9.17, 15) is 14.9 Å². The molecule has 0 fully saturated rings. The van der Waals surface area contributed by atoms with Gasteiger partial charge in [0, 0.05) is 31.3 Å². The van der Waals surface area contributed by atoms with Crippen molar-refractivity contribution in [2.45, 2.75) is 19.5 Å². The average molecular weight is 417 g/mol. The van der Waals surface area contributed by atoms with Crippen molar-refractivity contribution in [1.82, 2.24) is 16.2 Å². The first kappa shape index (κ1) is 22.1. The molecular weight excluding hydrogens is 394 g/mol. The van der Waals surface area contributed by atoms with Gasteiger partial charge in [-0.2, -0.15) is 0 Å². The predicted octanol–water partition coefficient (Wildman–Crippen LogP) is 2.35. The Hall–Kier alpha value is -3.24. The number of anilines is 1. The molecule has 4 N–H and O–H groups in total. The van der Waals surface area contributed by atoms with Crippen LogP contribution in [-0.2, 0) is 11.3 Å². The summed E-state index contributed by atoms with van der Waals surface area (Å²) in [7, 11) is 1.57. The van der Waals surface area contributed by atoms with Crippen LogP contribution < -0.4 is 21.5 Å². The maximum absolute atomic E-state index is 12.3. The lowest BCUT2D eigenvalue weighted by Crippen LogP contribution is -2.49. The van der Waals surface area contributed by atoms with Crippen LogP contribution in [0.4, 0.5) is 11.4 Å². The Morgan fingerprint density at radius 1 is 1.21 bits per heavy atom. The van der Waals surface area contributed by atoms with Gasteiger partial charge < -0.3 is 15.4 Å². The topological polar surface area (TPSA) is 118 Å². The molecule has 0 radical (unpaired) electrons. The molecular formula is C19H23N5O4S. The first-order valence-electron chi connectivity index (χ1n) is 8.82. The Labute approximate surface area is 173 Å². The zero-order valence-electron chi connectivity index (χ0n) is 16.1. The summed E-state index contributed by atoms with van der Waals surface area (Å²) < 4.78 is 4.99. The molecule has 10 heteroatoms. The van der Waals surface area contributed by atoms with E-state index in [-0.39, 0.29) is 22.4 Å². The van der Waals surface area contributed by atoms with Crippen molar-refractivity contribution < 1.29 is 14.5 Å². The van der Waals surface area contributed by atoms with E-state index < -0.39 is 10.8 Å². The second-order valence-corrected chi connectivity index (χ2v) is 6.65. The van der Waals surface area contributed by atoms with E-state index in [1.54, 1.807) is 7.11 Å². The Balaban J connectivity index is 2.00. The van der Waals surface area contributed by atoms with Crippen LogP contribution in [0.1, 0.15) is 22.8 Å². The summed E-state index contributed by atoms with van der Waals surface area (Å²) in [6.45, 7) is 2.73. The second-order valence-electron chi connectivity index (χ2n) is 6.24. The molecule has 1 amide bonds. The van der Waals surface area contributed by atoms with E-state index in [1.807, 2.05) is 37.3 Å². The molecule has 0 aromatic heterocycles. The Kier molecular flexibility index (Phi) is 8.31. The van der Waals surface area contributed by atoms with Crippen molar-refractivity contribution in [3.63, 3.8) is 0 Å². The molecule has 2 aromatic carbocycles. The molecule has 29 heavy (non-hydrogen) atoms. The number of hydrazine groups is 1. The van der Waals surface area contributed by atoms with Gasteiger partial charge in [-0.1, -0.05) is 30.3 Å². The maximum Gasteiger partial charge on any atom is 0.293 e. The summed E-state index contributed by atoms with van der Waals surface area (Å²) in [5, 5.41) is 17.6. The van der Waals surface area contributed by atoms with Gasteiger partial charge in [-0.3, -0.25) is 25.8 Å². The Morgan fingerprint density at radius 2 is 1.93 bits per heavy atom. The molecule has 0 spiro atoms. The highest BCUT2D eigenvalue weighted by molar-refractivity contribution is 7.80. The van der Waals surface area contributed by atoms with Crippen LogP contribution in [0.3, 0.4) is 0 Å². The lowest BCUT2D eigenvalue weighted by molar-refractivity contribution is -0.384. The summed E-state index contributed by atoms with van der Waals surface area (Å²) in [5.74, 6) is -0.550. The number of amides is 1. The minimum absolute atomic E-state index is 0.0482. The fraction of sp³-hybridized carbons (Fsp3) is 0.263. The zero-order chi connectivity index (χ0) is 21.2. The van der Waals surface area contributed by atoms with Crippen LogP contribution in [0.25, 0.3) is 0 Å². The number of benzene rings is 2. The zero-order valence-corrected chi connectivity index (χ0v) is 16.9. The normalized spacial score (nSPS) is 11.2. The van der Waals surface area contributed by atoms with Gasteiger partial charge >= 0.3 is 0 Å². The number of hydrogen-bond acceptors (Lipinski definition) is 6. The number of nitro groups is 1. The molecule has 0 bridgehead atoms. The number of ether oxygens (including phenoxy) is 1. The molecule has 0 aliphatic carbocycles. The van der Waals surface area contributed by atoms with Gasteiger partial charge in [0.2, 0.25) is 0 Å². The quantitative estimate of drug-likeness (QED) is 0.294. The fourth-order valence-electron chi connectivity index (χ4n) is 2.50. The lowest BCUT2D eigenvalue weighted by Gasteiger charge is -2.16. The molecule has 1 atom stereocenters. The number of carbonyl (C=O) groups is 1. The maximum atomic E-state index is 12.3. The molecule has 0 aliphatic rings. The minimum Gasteiger partial charge on any atom is -0.383 e. The van der Waals surface area contributed by atoms with Crippen molar-refractivity contribution in [2.75, 3.05) is 19.0 Å². The molecule has 2 aromatic rings. The number of thiocarbonyl (C=S) groups is 1. The number of hydrogen-bond donors (Lipinski definition) is 4. The molecule has 9 nitrogen and oxygen atoms in total. The van der Waals surface area contributed by atoms with Gasteiger partial charge in [0.15, 0.2) is 5.11 Å². The second kappa shape index (κ2) is 10.9. The SMILES string of the molecule is COC[C@H](C)NC(=S)NNC(=O)c1ccc(NCc2ccccc2)c([N+](=O)[O-])c1. The molecule has 0 saturated heterocycles. The minimum atomic E-state index is -0.550. The summed E-state index contributed by atoms with van der Waals surface area (Å²) in [5.41, 5.74) is 6.22. The monoisotopic (exact) mass is 417 g/mol. The highest BCUT2D eigenvalue weighted by atomic mass is 32.1. The summed E-state index contributed by atoms with van der Waals surface area (Å²) in [6.07, 6.45) is 0. The van der Waals surface area contributed by atoms with Crippen LogP contribution in [-0.4, -0.2) is 35.7 Å². The van der Waals surface area contributed by atoms with Gasteiger partial charge in [0.25, 0.3) is 11.6 Å². The van der Waals surface area contributed by atoms with Crippen molar-refractivity contribution in [1.29, 1.82) is 0 Å². The molecule has 2 rings (SSSR count). The van der Waals surface area contributed by atoms with Crippen molar-refractivity contribution in [2.24, 2.45) is 0 Å². The number of nitrogens with one attached hydrogen (secondary N) is 4. The van der Waals surface area contributed by atoms with Crippen LogP contribution in [0, 0.1) is 10.1 Å². The fourth-order valence-corrected chi connectivity index (χ4v) is 2.76. The Morgan fingerprint density at radius 3 is 2.59 bits per heavy atom. The van der Waals surface area contributed by atoms with Crippen molar-refractivity contribution in [3.8, 4) is 0 Å². The van der Waals surface area contributed by atoms with Gasteiger partial charge in [-0.25, -0.2) is 0 Å². The number of rotatable bonds is 8. The predicted molar refractivity (Wildman–Crippen MR) is 115 cm³/mol. The largest absolute Gasteiger partial charge is 0.383 e. The van der Waals surface area contributed by atoms with E-state index in [2.05, 4.69) is 21.5 Å². The summed E-state index contributed by atoms with van der Waals surface area (Å²) in [4.78, 5) is 23.2. The van der Waals surface area contributed by atoms with E-state index in [0.29, 0.717) is 18.8 Å². The van der Waals surface area contributed by atoms with E-state index in [1.165, 1.54) is 18.2 Å². The van der Waals surface area contributed by atoms with Crippen LogP contribution in [0.2, 0.25) is 0 Å². The molecule has 0 aliphatic heterocycles. The highest BCUT2D eigenvalue weighted by Crippen LogP contribution is 2.26. The highest BCUT2D eigenvalue weighted by Gasteiger charge is 2.18. The first-order valence-corrected chi connectivity index (χ1v) is 9.23. The summed E-state index contributed by atoms with van der Waals surface area (Å²) >= 11 is 5.07. The van der Waals surface area contributed by atoms with Gasteiger partial charge in [-0.15, -0.1) is 0 Å². The smallest absolute Gasteiger partial charge is 0.293 e. The molecule has 0 unspecified atom stereocenters. The molecule has 0 heterocycles. The number of nitro benzene ring substituents is 1. The van der Waals surface area contributed by atoms with Gasteiger partial charge in [-0.05, 0) is 36.8 Å². The molecule has 154 valence electrons. The van der Waals surface area contributed by atoms with Crippen molar-refractivity contribution in [3.05, 3.63) is 69.8 Å². The third kappa shape index (κ3) is 7.01. The Bertz CT molecular complexity index is 863. The van der Waals surface area contributed by atoms with Crippen LogP contribution in [0.5, 0.6) is 0 Å².